The lowest BCUT2D eigenvalue weighted by Gasteiger charge is -2.04. The zero-order chi connectivity index (χ0) is 13.2. The summed E-state index contributed by atoms with van der Waals surface area (Å²) < 4.78 is 5.42. The minimum absolute atomic E-state index is 0.489. The van der Waals surface area contributed by atoms with Gasteiger partial charge in [-0.1, -0.05) is 24.8 Å². The fraction of sp³-hybridized carbons (Fsp3) is 0.231. The molecule has 18 heavy (non-hydrogen) atoms. The second-order valence-corrected chi connectivity index (χ2v) is 3.81. The Morgan fingerprint density at radius 3 is 3.11 bits per heavy atom. The normalized spacial score (nSPS) is 10.1. The lowest BCUT2D eigenvalue weighted by molar-refractivity contribution is 0.363. The Hall–Kier alpha value is -1.88. The Morgan fingerprint density at radius 2 is 2.39 bits per heavy atom. The maximum absolute atomic E-state index is 5.42. The Morgan fingerprint density at radius 1 is 1.56 bits per heavy atom. The van der Waals surface area contributed by atoms with Crippen LogP contribution in [0.25, 0.3) is 0 Å². The van der Waals surface area contributed by atoms with Crippen LogP contribution in [0.4, 0.5) is 0 Å². The second-order valence-electron chi connectivity index (χ2n) is 3.40. The molecule has 5 heteroatoms. The minimum atomic E-state index is 0.489. The van der Waals surface area contributed by atoms with Gasteiger partial charge in [-0.3, -0.25) is 5.43 Å². The molecule has 0 radical (unpaired) electrons. The van der Waals surface area contributed by atoms with Crippen LogP contribution in [0.3, 0.4) is 0 Å². The predicted molar refractivity (Wildman–Crippen MR) is 79.1 cm³/mol. The van der Waals surface area contributed by atoms with Gasteiger partial charge in [-0.25, -0.2) is 0 Å². The Balaban J connectivity index is 2.53. The monoisotopic (exact) mass is 263 g/mol. The summed E-state index contributed by atoms with van der Waals surface area (Å²) in [5.74, 6) is 0.785. The van der Waals surface area contributed by atoms with Gasteiger partial charge in [-0.05, 0) is 36.8 Å². The average molecular weight is 263 g/mol. The van der Waals surface area contributed by atoms with Gasteiger partial charge in [0.25, 0.3) is 0 Å². The highest BCUT2D eigenvalue weighted by Gasteiger charge is 1.94. The van der Waals surface area contributed by atoms with E-state index in [-0.39, 0.29) is 0 Å². The molecule has 0 aromatic heterocycles. The van der Waals surface area contributed by atoms with Crippen molar-refractivity contribution in [2.45, 2.75) is 6.92 Å². The summed E-state index contributed by atoms with van der Waals surface area (Å²) in [6, 6.07) is 7.62. The number of nitrogens with one attached hydrogen (secondary N) is 2. The van der Waals surface area contributed by atoms with Crippen molar-refractivity contribution in [1.82, 2.24) is 10.7 Å². The van der Waals surface area contributed by atoms with Crippen molar-refractivity contribution in [1.29, 1.82) is 0 Å². The first kappa shape index (κ1) is 14.2. The van der Waals surface area contributed by atoms with Gasteiger partial charge >= 0.3 is 0 Å². The van der Waals surface area contributed by atoms with Crippen molar-refractivity contribution in [3.8, 4) is 5.75 Å². The lowest BCUT2D eigenvalue weighted by atomic mass is 10.2. The van der Waals surface area contributed by atoms with Gasteiger partial charge in [0.1, 0.15) is 12.4 Å². The van der Waals surface area contributed by atoms with Gasteiger partial charge in [0.2, 0.25) is 0 Å². The lowest BCUT2D eigenvalue weighted by Crippen LogP contribution is -2.31. The third kappa shape index (κ3) is 5.45. The molecule has 96 valence electrons. The molecule has 1 aromatic rings. The molecule has 1 aromatic carbocycles. The van der Waals surface area contributed by atoms with Gasteiger partial charge in [-0.2, -0.15) is 5.10 Å². The van der Waals surface area contributed by atoms with E-state index in [9.17, 15) is 0 Å². The molecule has 0 saturated carbocycles. The molecule has 0 fully saturated rings. The number of benzene rings is 1. The molecular formula is C13H17N3OS. The van der Waals surface area contributed by atoms with E-state index in [1.807, 2.05) is 31.2 Å². The van der Waals surface area contributed by atoms with E-state index in [2.05, 4.69) is 22.4 Å². The SMILES string of the molecule is C=CCOc1cccc(C=NNC(=S)NCC)c1. The first-order chi connectivity index (χ1) is 8.76. The van der Waals surface area contributed by atoms with Crippen LogP contribution in [-0.2, 0) is 0 Å². The maximum atomic E-state index is 5.42. The molecule has 4 nitrogen and oxygen atoms in total. The number of thiocarbonyl (C=S) groups is 1. The molecule has 0 amide bonds. The van der Waals surface area contributed by atoms with E-state index in [0.29, 0.717) is 11.7 Å². The molecular weight excluding hydrogens is 246 g/mol. The van der Waals surface area contributed by atoms with Crippen LogP contribution in [0.15, 0.2) is 42.0 Å². The van der Waals surface area contributed by atoms with Crippen molar-refractivity contribution < 1.29 is 4.74 Å². The fourth-order valence-corrected chi connectivity index (χ4v) is 1.40. The highest BCUT2D eigenvalue weighted by atomic mass is 32.1. The van der Waals surface area contributed by atoms with E-state index in [4.69, 9.17) is 17.0 Å². The molecule has 0 unspecified atom stereocenters. The van der Waals surface area contributed by atoms with Crippen LogP contribution in [0.5, 0.6) is 5.75 Å². The highest BCUT2D eigenvalue weighted by Crippen LogP contribution is 2.11. The summed E-state index contributed by atoms with van der Waals surface area (Å²) in [6.07, 6.45) is 3.39. The van der Waals surface area contributed by atoms with E-state index in [1.54, 1.807) is 12.3 Å². The minimum Gasteiger partial charge on any atom is -0.490 e. The average Bonchev–Trinajstić information content (AvgIpc) is 2.37. The van der Waals surface area contributed by atoms with Crippen LogP contribution in [0.2, 0.25) is 0 Å². The zero-order valence-electron chi connectivity index (χ0n) is 10.3. The third-order valence-corrected chi connectivity index (χ3v) is 2.18. The van der Waals surface area contributed by atoms with Gasteiger partial charge in [0, 0.05) is 6.54 Å². The van der Waals surface area contributed by atoms with Crippen molar-refractivity contribution in [3.05, 3.63) is 42.5 Å². The summed E-state index contributed by atoms with van der Waals surface area (Å²) >= 11 is 4.98. The number of hydrogen-bond donors (Lipinski definition) is 2. The summed E-state index contributed by atoms with van der Waals surface area (Å²) in [5.41, 5.74) is 3.66. The zero-order valence-corrected chi connectivity index (χ0v) is 11.2. The second kappa shape index (κ2) is 8.25. The van der Waals surface area contributed by atoms with E-state index >= 15 is 0 Å². The van der Waals surface area contributed by atoms with Crippen LogP contribution >= 0.6 is 12.2 Å². The molecule has 0 heterocycles. The molecule has 0 aliphatic carbocycles. The number of hydrogen-bond acceptors (Lipinski definition) is 3. The van der Waals surface area contributed by atoms with Gasteiger partial charge in [0.15, 0.2) is 5.11 Å². The number of nitrogens with zero attached hydrogens (tertiary/aromatic N) is 1. The molecule has 0 saturated heterocycles. The molecule has 1 rings (SSSR count). The van der Waals surface area contributed by atoms with E-state index in [0.717, 1.165) is 17.9 Å². The Kier molecular flexibility index (Phi) is 6.50. The Bertz CT molecular complexity index is 432. The largest absolute Gasteiger partial charge is 0.490 e. The molecule has 0 aliphatic rings. The number of hydrazone groups is 1. The summed E-state index contributed by atoms with van der Waals surface area (Å²) in [4.78, 5) is 0. The molecule has 0 aliphatic heterocycles. The van der Waals surface area contributed by atoms with E-state index < -0.39 is 0 Å². The summed E-state index contributed by atoms with van der Waals surface area (Å²) in [5, 5.41) is 7.48. The van der Waals surface area contributed by atoms with Gasteiger partial charge < -0.3 is 10.1 Å². The van der Waals surface area contributed by atoms with Crippen molar-refractivity contribution >= 4 is 23.5 Å². The molecule has 2 N–H and O–H groups in total. The highest BCUT2D eigenvalue weighted by molar-refractivity contribution is 7.80. The quantitative estimate of drug-likeness (QED) is 0.357. The van der Waals surface area contributed by atoms with Crippen LogP contribution < -0.4 is 15.5 Å². The maximum Gasteiger partial charge on any atom is 0.186 e. The molecule has 0 spiro atoms. The van der Waals surface area contributed by atoms with Gasteiger partial charge in [-0.15, -0.1) is 0 Å². The summed E-state index contributed by atoms with van der Waals surface area (Å²) in [7, 11) is 0. The first-order valence-corrected chi connectivity index (χ1v) is 6.07. The summed E-state index contributed by atoms with van der Waals surface area (Å²) in [6.45, 7) is 6.83. The van der Waals surface area contributed by atoms with E-state index in [1.165, 1.54) is 0 Å². The predicted octanol–water partition coefficient (Wildman–Crippen LogP) is 2.07. The molecule has 0 atom stereocenters. The van der Waals surface area contributed by atoms with Crippen LogP contribution in [0.1, 0.15) is 12.5 Å². The topological polar surface area (TPSA) is 45.6 Å². The number of rotatable bonds is 6. The number of ether oxygens (including phenoxy) is 1. The third-order valence-electron chi connectivity index (χ3n) is 1.94. The van der Waals surface area contributed by atoms with Crippen LogP contribution in [-0.4, -0.2) is 24.5 Å². The Labute approximate surface area is 113 Å². The smallest absolute Gasteiger partial charge is 0.186 e. The fourth-order valence-electron chi connectivity index (χ4n) is 1.21. The standard InChI is InChI=1S/C13H17N3OS/c1-3-8-17-12-7-5-6-11(9-12)10-15-16-13(18)14-4-2/h3,5-7,9-10H,1,4,8H2,2H3,(H2,14,16,18). The first-order valence-electron chi connectivity index (χ1n) is 5.67. The van der Waals surface area contributed by atoms with Crippen molar-refractivity contribution in [3.63, 3.8) is 0 Å². The van der Waals surface area contributed by atoms with Crippen molar-refractivity contribution in [2.24, 2.45) is 5.10 Å². The molecule has 0 bridgehead atoms. The van der Waals surface area contributed by atoms with Crippen molar-refractivity contribution in [2.75, 3.05) is 13.2 Å². The van der Waals surface area contributed by atoms with Crippen LogP contribution in [0, 0.1) is 0 Å². The van der Waals surface area contributed by atoms with Gasteiger partial charge in [0.05, 0.1) is 6.21 Å².